The Balaban J connectivity index is 1.66. The third kappa shape index (κ3) is 3.57. The largest absolute Gasteiger partial charge is 0.486 e. The number of ether oxygens (including phenoxy) is 2. The molecule has 0 saturated heterocycles. The van der Waals surface area contributed by atoms with Gasteiger partial charge in [0.2, 0.25) is 0 Å². The summed E-state index contributed by atoms with van der Waals surface area (Å²) in [6.07, 6.45) is 0. The Morgan fingerprint density at radius 1 is 1.10 bits per heavy atom. The first kappa shape index (κ1) is 14.4. The topological polar surface area (TPSA) is 30.5 Å². The monoisotopic (exact) mass is 347 g/mol. The molecule has 0 fully saturated rings. The fraction of sp³-hybridized carbons (Fsp3) is 0.294. The molecule has 4 heteroatoms. The molecule has 1 atom stereocenters. The van der Waals surface area contributed by atoms with Gasteiger partial charge in [0.15, 0.2) is 11.5 Å². The second-order valence-corrected chi connectivity index (χ2v) is 6.05. The summed E-state index contributed by atoms with van der Waals surface area (Å²) < 4.78 is 12.3. The van der Waals surface area contributed by atoms with Gasteiger partial charge >= 0.3 is 0 Å². The van der Waals surface area contributed by atoms with Crippen LogP contribution in [0.3, 0.4) is 0 Å². The molecule has 0 radical (unpaired) electrons. The predicted molar refractivity (Wildman–Crippen MR) is 86.8 cm³/mol. The highest BCUT2D eigenvalue weighted by atomic mass is 79.9. The Morgan fingerprint density at radius 3 is 2.71 bits per heavy atom. The molecule has 2 aromatic rings. The van der Waals surface area contributed by atoms with Gasteiger partial charge in [0, 0.05) is 17.1 Å². The van der Waals surface area contributed by atoms with Crippen LogP contribution >= 0.6 is 15.9 Å². The van der Waals surface area contributed by atoms with E-state index in [9.17, 15) is 0 Å². The van der Waals surface area contributed by atoms with Gasteiger partial charge in [0.1, 0.15) is 13.2 Å². The zero-order valence-corrected chi connectivity index (χ0v) is 13.5. The van der Waals surface area contributed by atoms with E-state index in [4.69, 9.17) is 9.47 Å². The summed E-state index contributed by atoms with van der Waals surface area (Å²) in [4.78, 5) is 0. The molecule has 3 rings (SSSR count). The van der Waals surface area contributed by atoms with Crippen molar-refractivity contribution in [3.63, 3.8) is 0 Å². The van der Waals surface area contributed by atoms with Crippen LogP contribution in [0.4, 0.5) is 0 Å². The Morgan fingerprint density at radius 2 is 1.90 bits per heavy atom. The maximum absolute atomic E-state index is 5.63. The summed E-state index contributed by atoms with van der Waals surface area (Å²) in [5.74, 6) is 1.68. The highest BCUT2D eigenvalue weighted by molar-refractivity contribution is 9.10. The minimum atomic E-state index is 0.250. The quantitative estimate of drug-likeness (QED) is 0.904. The van der Waals surface area contributed by atoms with Crippen molar-refractivity contribution in [1.29, 1.82) is 0 Å². The van der Waals surface area contributed by atoms with Crippen LogP contribution in [0.5, 0.6) is 11.5 Å². The Kier molecular flexibility index (Phi) is 4.46. The zero-order valence-electron chi connectivity index (χ0n) is 11.9. The molecular weight excluding hydrogens is 330 g/mol. The number of benzene rings is 2. The van der Waals surface area contributed by atoms with Crippen molar-refractivity contribution in [1.82, 2.24) is 5.32 Å². The standard InChI is InChI=1S/C17H18BrNO2/c1-12(19-11-13-3-2-4-15(18)9-13)14-5-6-16-17(10-14)21-8-7-20-16/h2-6,9-10,12,19H,7-8,11H2,1H3. The summed E-state index contributed by atoms with van der Waals surface area (Å²) >= 11 is 3.50. The zero-order chi connectivity index (χ0) is 14.7. The lowest BCUT2D eigenvalue weighted by molar-refractivity contribution is 0.171. The van der Waals surface area contributed by atoms with Gasteiger partial charge in [-0.2, -0.15) is 0 Å². The van der Waals surface area contributed by atoms with Crippen molar-refractivity contribution in [2.24, 2.45) is 0 Å². The molecule has 3 nitrogen and oxygen atoms in total. The van der Waals surface area contributed by atoms with E-state index < -0.39 is 0 Å². The van der Waals surface area contributed by atoms with E-state index in [2.05, 4.69) is 58.5 Å². The molecule has 0 bridgehead atoms. The van der Waals surface area contributed by atoms with Gasteiger partial charge in [-0.3, -0.25) is 0 Å². The number of nitrogens with one attached hydrogen (secondary N) is 1. The number of rotatable bonds is 4. The first-order valence-corrected chi connectivity index (χ1v) is 7.89. The molecule has 0 aromatic heterocycles. The molecule has 1 unspecified atom stereocenters. The molecule has 110 valence electrons. The van der Waals surface area contributed by atoms with Gasteiger partial charge < -0.3 is 14.8 Å². The second-order valence-electron chi connectivity index (χ2n) is 5.14. The van der Waals surface area contributed by atoms with Crippen LogP contribution in [0.1, 0.15) is 24.1 Å². The van der Waals surface area contributed by atoms with Crippen molar-refractivity contribution in [3.8, 4) is 11.5 Å². The van der Waals surface area contributed by atoms with Gasteiger partial charge in [0.05, 0.1) is 0 Å². The second kappa shape index (κ2) is 6.50. The van der Waals surface area contributed by atoms with E-state index in [-0.39, 0.29) is 6.04 Å². The Labute approximate surface area is 133 Å². The summed E-state index contributed by atoms with van der Waals surface area (Å²) in [6.45, 7) is 4.23. The fourth-order valence-corrected chi connectivity index (χ4v) is 2.81. The highest BCUT2D eigenvalue weighted by Gasteiger charge is 2.14. The lowest BCUT2D eigenvalue weighted by Gasteiger charge is -2.21. The lowest BCUT2D eigenvalue weighted by Crippen LogP contribution is -2.19. The number of hydrogen-bond donors (Lipinski definition) is 1. The van der Waals surface area contributed by atoms with Crippen LogP contribution in [0.15, 0.2) is 46.9 Å². The van der Waals surface area contributed by atoms with Gasteiger partial charge in [-0.1, -0.05) is 34.1 Å². The van der Waals surface area contributed by atoms with Crippen LogP contribution in [0, 0.1) is 0 Å². The van der Waals surface area contributed by atoms with Gasteiger partial charge in [0.25, 0.3) is 0 Å². The summed E-state index contributed by atoms with van der Waals surface area (Å²) in [5.41, 5.74) is 2.46. The number of hydrogen-bond acceptors (Lipinski definition) is 3. The van der Waals surface area contributed by atoms with Crippen LogP contribution in [0.25, 0.3) is 0 Å². The summed E-state index contributed by atoms with van der Waals surface area (Å²) in [5, 5.41) is 3.53. The van der Waals surface area contributed by atoms with E-state index in [1.165, 1.54) is 11.1 Å². The Bertz CT molecular complexity index is 630. The minimum absolute atomic E-state index is 0.250. The molecule has 1 N–H and O–H groups in total. The highest BCUT2D eigenvalue weighted by Crippen LogP contribution is 2.32. The normalized spacial score (nSPS) is 14.8. The van der Waals surface area contributed by atoms with E-state index in [0.717, 1.165) is 22.5 Å². The van der Waals surface area contributed by atoms with Gasteiger partial charge in [-0.15, -0.1) is 0 Å². The maximum Gasteiger partial charge on any atom is 0.161 e. The molecule has 21 heavy (non-hydrogen) atoms. The van der Waals surface area contributed by atoms with Crippen molar-refractivity contribution in [2.45, 2.75) is 19.5 Å². The Hall–Kier alpha value is -1.52. The van der Waals surface area contributed by atoms with Crippen molar-refractivity contribution < 1.29 is 9.47 Å². The molecule has 1 aliphatic rings. The first-order valence-electron chi connectivity index (χ1n) is 7.10. The SMILES string of the molecule is CC(NCc1cccc(Br)c1)c1ccc2c(c1)OCCO2. The van der Waals surface area contributed by atoms with Gasteiger partial charge in [-0.25, -0.2) is 0 Å². The van der Waals surface area contributed by atoms with E-state index in [0.29, 0.717) is 13.2 Å². The van der Waals surface area contributed by atoms with Crippen LogP contribution in [0.2, 0.25) is 0 Å². The maximum atomic E-state index is 5.63. The molecular formula is C17H18BrNO2. The third-order valence-corrected chi connectivity index (χ3v) is 4.06. The lowest BCUT2D eigenvalue weighted by atomic mass is 10.1. The number of fused-ring (bicyclic) bond motifs is 1. The van der Waals surface area contributed by atoms with E-state index in [1.807, 2.05) is 12.1 Å². The van der Waals surface area contributed by atoms with Crippen LogP contribution in [-0.4, -0.2) is 13.2 Å². The van der Waals surface area contributed by atoms with Gasteiger partial charge in [-0.05, 0) is 42.3 Å². The number of halogens is 1. The molecule has 0 aliphatic carbocycles. The molecule has 2 aromatic carbocycles. The molecule has 0 saturated carbocycles. The third-order valence-electron chi connectivity index (χ3n) is 3.57. The van der Waals surface area contributed by atoms with Crippen LogP contribution < -0.4 is 14.8 Å². The van der Waals surface area contributed by atoms with Crippen LogP contribution in [-0.2, 0) is 6.54 Å². The van der Waals surface area contributed by atoms with Crippen molar-refractivity contribution >= 4 is 15.9 Å². The minimum Gasteiger partial charge on any atom is -0.486 e. The average molecular weight is 348 g/mol. The predicted octanol–water partition coefficient (Wildman–Crippen LogP) is 4.07. The summed E-state index contributed by atoms with van der Waals surface area (Å²) in [7, 11) is 0. The molecule has 1 heterocycles. The van der Waals surface area contributed by atoms with Crippen molar-refractivity contribution in [3.05, 3.63) is 58.1 Å². The smallest absolute Gasteiger partial charge is 0.161 e. The molecule has 0 amide bonds. The molecule has 0 spiro atoms. The average Bonchev–Trinajstić information content (AvgIpc) is 2.52. The molecule has 1 aliphatic heterocycles. The van der Waals surface area contributed by atoms with Crippen molar-refractivity contribution in [2.75, 3.05) is 13.2 Å². The fourth-order valence-electron chi connectivity index (χ4n) is 2.37. The van der Waals surface area contributed by atoms with E-state index in [1.54, 1.807) is 0 Å². The van der Waals surface area contributed by atoms with E-state index >= 15 is 0 Å². The summed E-state index contributed by atoms with van der Waals surface area (Å²) in [6, 6.07) is 14.7. The first-order chi connectivity index (χ1) is 10.2.